The first-order valence-electron chi connectivity index (χ1n) is 7.52. The van der Waals surface area contributed by atoms with Gasteiger partial charge in [0.2, 0.25) is 0 Å². The zero-order chi connectivity index (χ0) is 18.0. The fraction of sp³-hybridized carbons (Fsp3) is 0.294. The molecule has 2 aromatic heterocycles. The topological polar surface area (TPSA) is 47.5 Å². The molecule has 25 heavy (non-hydrogen) atoms. The molecule has 0 saturated heterocycles. The first-order valence-corrected chi connectivity index (χ1v) is 8.33. The number of halogens is 2. The molecule has 0 aliphatic carbocycles. The maximum atomic E-state index is 12.6. The van der Waals surface area contributed by atoms with Crippen LogP contribution in [-0.2, 0) is 6.54 Å². The van der Waals surface area contributed by atoms with Crippen LogP contribution in [0.3, 0.4) is 0 Å². The SMILES string of the molecule is COc1ccc(CN(C)c2ncnc3sc(C)cc23)cc1OC(F)F. The summed E-state index contributed by atoms with van der Waals surface area (Å²) >= 11 is 1.61. The van der Waals surface area contributed by atoms with Crippen molar-refractivity contribution in [2.24, 2.45) is 0 Å². The van der Waals surface area contributed by atoms with Gasteiger partial charge in [0.15, 0.2) is 11.5 Å². The number of hydrogen-bond donors (Lipinski definition) is 0. The molecule has 5 nitrogen and oxygen atoms in total. The van der Waals surface area contributed by atoms with Gasteiger partial charge in [0.1, 0.15) is 17.0 Å². The highest BCUT2D eigenvalue weighted by Gasteiger charge is 2.14. The molecule has 0 saturated carbocycles. The lowest BCUT2D eigenvalue weighted by atomic mass is 10.2. The molecule has 8 heteroatoms. The van der Waals surface area contributed by atoms with Gasteiger partial charge in [-0.05, 0) is 30.7 Å². The van der Waals surface area contributed by atoms with Gasteiger partial charge in [0.25, 0.3) is 0 Å². The van der Waals surface area contributed by atoms with Crippen LogP contribution in [0.15, 0.2) is 30.6 Å². The van der Waals surface area contributed by atoms with Crippen molar-refractivity contribution in [1.82, 2.24) is 9.97 Å². The maximum absolute atomic E-state index is 12.6. The lowest BCUT2D eigenvalue weighted by Crippen LogP contribution is -2.18. The van der Waals surface area contributed by atoms with E-state index in [2.05, 4.69) is 14.7 Å². The third-order valence-electron chi connectivity index (χ3n) is 3.66. The van der Waals surface area contributed by atoms with Gasteiger partial charge in [-0.2, -0.15) is 8.78 Å². The molecule has 2 heterocycles. The summed E-state index contributed by atoms with van der Waals surface area (Å²) in [5.74, 6) is 1.08. The number of hydrogen-bond acceptors (Lipinski definition) is 6. The Balaban J connectivity index is 1.88. The summed E-state index contributed by atoms with van der Waals surface area (Å²) in [5, 5.41) is 0.977. The molecule has 0 bridgehead atoms. The van der Waals surface area contributed by atoms with E-state index in [0.717, 1.165) is 26.5 Å². The smallest absolute Gasteiger partial charge is 0.387 e. The Morgan fingerprint density at radius 3 is 2.72 bits per heavy atom. The van der Waals surface area contributed by atoms with Crippen LogP contribution in [0.25, 0.3) is 10.2 Å². The van der Waals surface area contributed by atoms with Crippen molar-refractivity contribution in [2.75, 3.05) is 19.1 Å². The van der Waals surface area contributed by atoms with Crippen molar-refractivity contribution in [3.63, 3.8) is 0 Å². The predicted molar refractivity (Wildman–Crippen MR) is 93.9 cm³/mol. The molecule has 0 unspecified atom stereocenters. The zero-order valence-corrected chi connectivity index (χ0v) is 14.8. The number of ether oxygens (including phenoxy) is 2. The van der Waals surface area contributed by atoms with Crippen LogP contribution >= 0.6 is 11.3 Å². The molecule has 0 N–H and O–H groups in total. The van der Waals surface area contributed by atoms with Crippen LogP contribution in [0.5, 0.6) is 11.5 Å². The highest BCUT2D eigenvalue weighted by atomic mass is 32.1. The van der Waals surface area contributed by atoms with Crippen LogP contribution in [0.1, 0.15) is 10.4 Å². The number of methoxy groups -OCH3 is 1. The Hall–Kier alpha value is -2.48. The Morgan fingerprint density at radius 1 is 1.20 bits per heavy atom. The molecule has 0 fully saturated rings. The standard InChI is InChI=1S/C17H17F2N3O2S/c1-10-6-12-15(20-9-21-16(12)25-10)22(2)8-11-4-5-13(23-3)14(7-11)24-17(18)19/h4-7,9,17H,8H2,1-3H3. The van der Waals surface area contributed by atoms with E-state index in [1.165, 1.54) is 13.4 Å². The van der Waals surface area contributed by atoms with Gasteiger partial charge in [-0.15, -0.1) is 11.3 Å². The number of aromatic nitrogens is 2. The van der Waals surface area contributed by atoms with Crippen molar-refractivity contribution in [3.8, 4) is 11.5 Å². The van der Waals surface area contributed by atoms with E-state index >= 15 is 0 Å². The summed E-state index contributed by atoms with van der Waals surface area (Å²) in [5.41, 5.74) is 0.803. The monoisotopic (exact) mass is 365 g/mol. The van der Waals surface area contributed by atoms with Crippen molar-refractivity contribution in [1.29, 1.82) is 0 Å². The van der Waals surface area contributed by atoms with Gasteiger partial charge >= 0.3 is 6.61 Å². The first kappa shape index (κ1) is 17.3. The Morgan fingerprint density at radius 2 is 2.00 bits per heavy atom. The van der Waals surface area contributed by atoms with Gasteiger partial charge in [-0.3, -0.25) is 0 Å². The van der Waals surface area contributed by atoms with Crippen molar-refractivity contribution in [2.45, 2.75) is 20.1 Å². The molecule has 3 rings (SSSR count). The van der Waals surface area contributed by atoms with E-state index in [-0.39, 0.29) is 11.5 Å². The molecular weight excluding hydrogens is 348 g/mol. The van der Waals surface area contributed by atoms with Crippen LogP contribution < -0.4 is 14.4 Å². The fourth-order valence-corrected chi connectivity index (χ4v) is 3.47. The number of thiophene rings is 1. The molecule has 0 spiro atoms. The quantitative estimate of drug-likeness (QED) is 0.654. The summed E-state index contributed by atoms with van der Waals surface area (Å²) in [6.07, 6.45) is 1.53. The number of anilines is 1. The lowest BCUT2D eigenvalue weighted by Gasteiger charge is -2.20. The molecule has 3 aromatic rings. The minimum atomic E-state index is -2.91. The number of nitrogens with zero attached hydrogens (tertiary/aromatic N) is 3. The summed E-state index contributed by atoms with van der Waals surface area (Å²) < 4.78 is 34.7. The molecule has 0 atom stereocenters. The first-order chi connectivity index (χ1) is 12.0. The Bertz CT molecular complexity index is 885. The maximum Gasteiger partial charge on any atom is 0.387 e. The Labute approximate surface area is 147 Å². The van der Waals surface area contributed by atoms with E-state index in [1.54, 1.807) is 23.5 Å². The zero-order valence-electron chi connectivity index (χ0n) is 14.0. The molecule has 0 aliphatic heterocycles. The van der Waals surface area contributed by atoms with Gasteiger partial charge in [-0.25, -0.2) is 9.97 Å². The third-order valence-corrected chi connectivity index (χ3v) is 4.62. The van der Waals surface area contributed by atoms with Crippen molar-refractivity contribution in [3.05, 3.63) is 41.0 Å². The van der Waals surface area contributed by atoms with E-state index in [0.29, 0.717) is 6.54 Å². The molecule has 132 valence electrons. The van der Waals surface area contributed by atoms with Gasteiger partial charge in [0.05, 0.1) is 12.5 Å². The second-order valence-corrected chi connectivity index (χ2v) is 6.73. The second kappa shape index (κ2) is 7.18. The summed E-state index contributed by atoms with van der Waals surface area (Å²) in [7, 11) is 3.31. The van der Waals surface area contributed by atoms with Gasteiger partial charge < -0.3 is 14.4 Å². The van der Waals surface area contributed by atoms with Crippen LogP contribution in [0.2, 0.25) is 0 Å². The highest BCUT2D eigenvalue weighted by molar-refractivity contribution is 7.18. The number of fused-ring (bicyclic) bond motifs is 1. The molecule has 0 aliphatic rings. The summed E-state index contributed by atoms with van der Waals surface area (Å²) in [6.45, 7) is -0.407. The number of alkyl halides is 2. The largest absolute Gasteiger partial charge is 0.493 e. The number of benzene rings is 1. The minimum Gasteiger partial charge on any atom is -0.493 e. The summed E-state index contributed by atoms with van der Waals surface area (Å²) in [4.78, 5) is 12.7. The average molecular weight is 365 g/mol. The van der Waals surface area contributed by atoms with Crippen LogP contribution in [-0.4, -0.2) is 30.7 Å². The molecule has 0 amide bonds. The number of rotatable bonds is 6. The van der Waals surface area contributed by atoms with Crippen molar-refractivity contribution < 1.29 is 18.3 Å². The van der Waals surface area contributed by atoms with E-state index in [9.17, 15) is 8.78 Å². The van der Waals surface area contributed by atoms with E-state index in [4.69, 9.17) is 4.74 Å². The molecule has 0 radical (unpaired) electrons. The van der Waals surface area contributed by atoms with E-state index in [1.807, 2.05) is 31.0 Å². The summed E-state index contributed by atoms with van der Waals surface area (Å²) in [6, 6.07) is 7.03. The van der Waals surface area contributed by atoms with E-state index < -0.39 is 6.61 Å². The third kappa shape index (κ3) is 3.79. The average Bonchev–Trinajstić information content (AvgIpc) is 2.94. The molecule has 1 aromatic carbocycles. The molecular formula is C17H17F2N3O2S. The number of aryl methyl sites for hydroxylation is 1. The minimum absolute atomic E-state index is 0.0163. The van der Waals surface area contributed by atoms with Crippen molar-refractivity contribution >= 4 is 27.4 Å². The van der Waals surface area contributed by atoms with Gasteiger partial charge in [-0.1, -0.05) is 6.07 Å². The van der Waals surface area contributed by atoms with Gasteiger partial charge in [0, 0.05) is 18.5 Å². The van der Waals surface area contributed by atoms with Crippen LogP contribution in [0.4, 0.5) is 14.6 Å². The Kier molecular flexibility index (Phi) is 4.98. The highest BCUT2D eigenvalue weighted by Crippen LogP contribution is 2.32. The second-order valence-electron chi connectivity index (χ2n) is 5.49. The fourth-order valence-electron chi connectivity index (χ4n) is 2.62. The van der Waals surface area contributed by atoms with Crippen LogP contribution in [0, 0.1) is 6.92 Å². The normalized spacial score (nSPS) is 11.1. The predicted octanol–water partition coefficient (Wildman–Crippen LogP) is 4.25. The lowest BCUT2D eigenvalue weighted by molar-refractivity contribution is -0.0512.